The van der Waals surface area contributed by atoms with Gasteiger partial charge in [0.2, 0.25) is 0 Å². The van der Waals surface area contributed by atoms with Crippen LogP contribution in [0.3, 0.4) is 0 Å². The minimum Gasteiger partial charge on any atom is -0.507 e. The van der Waals surface area contributed by atoms with E-state index in [1.807, 2.05) is 0 Å². The SMILES string of the molecule is CCNC(=O)c1c(O)ccc(F)c1Cl. The maximum absolute atomic E-state index is 12.9. The number of benzene rings is 1. The molecule has 0 spiro atoms. The minimum absolute atomic E-state index is 0.228. The average Bonchev–Trinajstić information content (AvgIpc) is 2.13. The number of phenolic OH excluding ortho intramolecular Hbond substituents is 1. The molecule has 0 aliphatic heterocycles. The van der Waals surface area contributed by atoms with Gasteiger partial charge in [0.1, 0.15) is 17.1 Å². The highest BCUT2D eigenvalue weighted by Gasteiger charge is 2.17. The number of hydrogen-bond acceptors (Lipinski definition) is 2. The molecule has 1 rings (SSSR count). The zero-order valence-corrected chi connectivity index (χ0v) is 8.23. The number of carbonyl (C=O) groups excluding carboxylic acids is 1. The van der Waals surface area contributed by atoms with Crippen molar-refractivity contribution < 1.29 is 14.3 Å². The van der Waals surface area contributed by atoms with E-state index in [2.05, 4.69) is 5.32 Å². The number of hydrogen-bond donors (Lipinski definition) is 2. The molecule has 0 aliphatic rings. The lowest BCUT2D eigenvalue weighted by Gasteiger charge is -2.06. The number of phenols is 1. The fourth-order valence-corrected chi connectivity index (χ4v) is 1.25. The molecule has 3 nitrogen and oxygen atoms in total. The van der Waals surface area contributed by atoms with Crippen molar-refractivity contribution in [1.29, 1.82) is 0 Å². The Morgan fingerprint density at radius 2 is 2.29 bits per heavy atom. The summed E-state index contributed by atoms with van der Waals surface area (Å²) >= 11 is 5.53. The topological polar surface area (TPSA) is 49.3 Å². The van der Waals surface area contributed by atoms with Crippen molar-refractivity contribution in [3.8, 4) is 5.75 Å². The van der Waals surface area contributed by atoms with Crippen LogP contribution in [0, 0.1) is 5.82 Å². The third-order valence-electron chi connectivity index (χ3n) is 1.64. The van der Waals surface area contributed by atoms with Gasteiger partial charge >= 0.3 is 0 Å². The summed E-state index contributed by atoms with van der Waals surface area (Å²) in [6.07, 6.45) is 0. The van der Waals surface area contributed by atoms with E-state index in [0.717, 1.165) is 12.1 Å². The van der Waals surface area contributed by atoms with Crippen molar-refractivity contribution in [1.82, 2.24) is 5.32 Å². The Morgan fingerprint density at radius 3 is 2.86 bits per heavy atom. The third-order valence-corrected chi connectivity index (χ3v) is 2.01. The Labute approximate surface area is 85.5 Å². The molecular weight excluding hydrogens is 209 g/mol. The molecule has 76 valence electrons. The number of amides is 1. The van der Waals surface area contributed by atoms with Crippen LogP contribution in [0.15, 0.2) is 12.1 Å². The molecular formula is C9H9ClFNO2. The van der Waals surface area contributed by atoms with Crippen LogP contribution < -0.4 is 5.32 Å². The van der Waals surface area contributed by atoms with E-state index < -0.39 is 11.7 Å². The highest BCUT2D eigenvalue weighted by molar-refractivity contribution is 6.34. The van der Waals surface area contributed by atoms with E-state index in [4.69, 9.17) is 11.6 Å². The molecule has 0 unspecified atom stereocenters. The Kier molecular flexibility index (Phi) is 3.30. The number of aromatic hydroxyl groups is 1. The van der Waals surface area contributed by atoms with E-state index in [0.29, 0.717) is 6.54 Å². The molecule has 0 bridgehead atoms. The van der Waals surface area contributed by atoms with E-state index in [1.165, 1.54) is 0 Å². The summed E-state index contributed by atoms with van der Waals surface area (Å²) in [5.41, 5.74) is -0.228. The maximum atomic E-state index is 12.9. The number of carbonyl (C=O) groups is 1. The number of rotatable bonds is 2. The second-order valence-corrected chi connectivity index (χ2v) is 2.99. The number of nitrogens with one attached hydrogen (secondary N) is 1. The van der Waals surface area contributed by atoms with Gasteiger partial charge in [0.25, 0.3) is 5.91 Å². The summed E-state index contributed by atoms with van der Waals surface area (Å²) in [6.45, 7) is 2.09. The largest absolute Gasteiger partial charge is 0.507 e. The van der Waals surface area contributed by atoms with Crippen molar-refractivity contribution in [3.05, 3.63) is 28.5 Å². The third kappa shape index (κ3) is 1.96. The van der Waals surface area contributed by atoms with Crippen LogP contribution in [0.1, 0.15) is 17.3 Å². The predicted octanol–water partition coefficient (Wildman–Crippen LogP) is 1.93. The van der Waals surface area contributed by atoms with Crippen molar-refractivity contribution in [2.24, 2.45) is 0 Å². The summed E-state index contributed by atoms with van der Waals surface area (Å²) < 4.78 is 12.9. The van der Waals surface area contributed by atoms with Gasteiger partial charge in [-0.15, -0.1) is 0 Å². The molecule has 14 heavy (non-hydrogen) atoms. The first-order valence-corrected chi connectivity index (χ1v) is 4.41. The van der Waals surface area contributed by atoms with Gasteiger partial charge in [0.05, 0.1) is 5.02 Å². The second kappa shape index (κ2) is 4.28. The van der Waals surface area contributed by atoms with Crippen LogP contribution in [-0.4, -0.2) is 17.6 Å². The lowest BCUT2D eigenvalue weighted by atomic mass is 10.2. The maximum Gasteiger partial charge on any atom is 0.256 e. The molecule has 0 atom stereocenters. The molecule has 0 saturated heterocycles. The smallest absolute Gasteiger partial charge is 0.256 e. The number of halogens is 2. The van der Waals surface area contributed by atoms with Crippen LogP contribution in [0.2, 0.25) is 5.02 Å². The standard InChI is InChI=1S/C9H9ClFNO2/c1-2-12-9(14)7-6(13)4-3-5(11)8(7)10/h3-4,13H,2H2,1H3,(H,12,14). The van der Waals surface area contributed by atoms with Crippen LogP contribution in [-0.2, 0) is 0 Å². The molecule has 5 heteroatoms. The lowest BCUT2D eigenvalue weighted by molar-refractivity contribution is 0.0953. The van der Waals surface area contributed by atoms with Gasteiger partial charge in [-0.3, -0.25) is 4.79 Å². The van der Waals surface area contributed by atoms with Crippen LogP contribution in [0.4, 0.5) is 4.39 Å². The molecule has 1 amide bonds. The normalized spacial score (nSPS) is 9.93. The highest BCUT2D eigenvalue weighted by atomic mass is 35.5. The molecule has 1 aromatic carbocycles. The van der Waals surface area contributed by atoms with Gasteiger partial charge in [-0.05, 0) is 19.1 Å². The van der Waals surface area contributed by atoms with Crippen molar-refractivity contribution >= 4 is 17.5 Å². The van der Waals surface area contributed by atoms with E-state index in [-0.39, 0.29) is 16.3 Å². The Bertz CT molecular complexity index is 368. The first-order valence-electron chi connectivity index (χ1n) is 4.03. The van der Waals surface area contributed by atoms with Crippen LogP contribution in [0.25, 0.3) is 0 Å². The summed E-state index contributed by atoms with van der Waals surface area (Å²) in [7, 11) is 0. The fraction of sp³-hybridized carbons (Fsp3) is 0.222. The Hall–Kier alpha value is -1.29. The van der Waals surface area contributed by atoms with Crippen molar-refractivity contribution in [2.45, 2.75) is 6.92 Å². The summed E-state index contributed by atoms with van der Waals surface area (Å²) in [6, 6.07) is 2.09. The fourth-order valence-electron chi connectivity index (χ4n) is 1.01. The van der Waals surface area contributed by atoms with Crippen molar-refractivity contribution in [3.63, 3.8) is 0 Å². The Morgan fingerprint density at radius 1 is 1.64 bits per heavy atom. The molecule has 0 radical (unpaired) electrons. The summed E-state index contributed by atoms with van der Waals surface area (Å²) in [5.74, 6) is -1.65. The Balaban J connectivity index is 3.18. The highest BCUT2D eigenvalue weighted by Crippen LogP contribution is 2.27. The zero-order valence-electron chi connectivity index (χ0n) is 7.47. The molecule has 0 saturated carbocycles. The molecule has 2 N–H and O–H groups in total. The minimum atomic E-state index is -0.731. The van der Waals surface area contributed by atoms with Crippen LogP contribution >= 0.6 is 11.6 Å². The van der Waals surface area contributed by atoms with Gasteiger partial charge in [-0.2, -0.15) is 0 Å². The summed E-state index contributed by atoms with van der Waals surface area (Å²) in [5, 5.41) is 11.4. The van der Waals surface area contributed by atoms with Gasteiger partial charge in [0.15, 0.2) is 0 Å². The molecule has 0 aliphatic carbocycles. The van der Waals surface area contributed by atoms with E-state index in [9.17, 15) is 14.3 Å². The van der Waals surface area contributed by atoms with E-state index in [1.54, 1.807) is 6.92 Å². The zero-order chi connectivity index (χ0) is 10.7. The molecule has 1 aromatic rings. The average molecular weight is 218 g/mol. The van der Waals surface area contributed by atoms with Gasteiger partial charge in [-0.25, -0.2) is 4.39 Å². The first-order chi connectivity index (χ1) is 6.57. The molecule has 0 heterocycles. The van der Waals surface area contributed by atoms with E-state index >= 15 is 0 Å². The van der Waals surface area contributed by atoms with Crippen LogP contribution in [0.5, 0.6) is 5.75 Å². The van der Waals surface area contributed by atoms with Gasteiger partial charge < -0.3 is 10.4 Å². The van der Waals surface area contributed by atoms with Gasteiger partial charge in [-0.1, -0.05) is 11.6 Å². The molecule has 0 fully saturated rings. The lowest BCUT2D eigenvalue weighted by Crippen LogP contribution is -2.23. The predicted molar refractivity (Wildman–Crippen MR) is 51.1 cm³/mol. The summed E-state index contributed by atoms with van der Waals surface area (Å²) in [4.78, 5) is 11.3. The first kappa shape index (κ1) is 10.8. The quantitative estimate of drug-likeness (QED) is 0.795. The monoisotopic (exact) mass is 217 g/mol. The molecule has 0 aromatic heterocycles. The second-order valence-electron chi connectivity index (χ2n) is 2.61. The van der Waals surface area contributed by atoms with Crippen molar-refractivity contribution in [2.75, 3.05) is 6.54 Å². The van der Waals surface area contributed by atoms with Gasteiger partial charge in [0, 0.05) is 6.54 Å².